The highest BCUT2D eigenvalue weighted by Crippen LogP contribution is 2.38. The van der Waals surface area contributed by atoms with E-state index in [0.717, 1.165) is 6.92 Å². The molecule has 98 valence electrons. The second kappa shape index (κ2) is 5.40. The van der Waals surface area contributed by atoms with Gasteiger partial charge in [-0.3, -0.25) is 9.47 Å². The molecule has 0 aromatic carbocycles. The standard InChI is InChI=1S/C6H6Br2F6O2/c1-3(8)4(2-7,15-5(9,10)11)16-6(12,13)14/h3H,2H2,1H3. The highest BCUT2D eigenvalue weighted by molar-refractivity contribution is 9.10. The van der Waals surface area contributed by atoms with Crippen LogP contribution in [0.5, 0.6) is 0 Å². The van der Waals surface area contributed by atoms with E-state index in [0.29, 0.717) is 0 Å². The van der Waals surface area contributed by atoms with Gasteiger partial charge in [-0.2, -0.15) is 0 Å². The zero-order valence-corrected chi connectivity index (χ0v) is 10.8. The van der Waals surface area contributed by atoms with Crippen LogP contribution in [0.25, 0.3) is 0 Å². The summed E-state index contributed by atoms with van der Waals surface area (Å²) in [5.41, 5.74) is 0. The first-order valence-corrected chi connectivity index (χ1v) is 5.69. The number of halogens is 8. The maximum atomic E-state index is 12.0. The van der Waals surface area contributed by atoms with Crippen LogP contribution in [0.2, 0.25) is 0 Å². The first-order chi connectivity index (χ1) is 6.92. The van der Waals surface area contributed by atoms with Crippen molar-refractivity contribution in [3.63, 3.8) is 0 Å². The summed E-state index contributed by atoms with van der Waals surface area (Å²) in [6.45, 7) is 1.04. The van der Waals surface area contributed by atoms with Crippen molar-refractivity contribution >= 4 is 31.9 Å². The summed E-state index contributed by atoms with van der Waals surface area (Å²) in [4.78, 5) is -1.34. The van der Waals surface area contributed by atoms with Gasteiger partial charge in [0.1, 0.15) is 0 Å². The van der Waals surface area contributed by atoms with E-state index in [-0.39, 0.29) is 0 Å². The average molecular weight is 384 g/mol. The molecule has 16 heavy (non-hydrogen) atoms. The van der Waals surface area contributed by atoms with E-state index < -0.39 is 28.7 Å². The van der Waals surface area contributed by atoms with Gasteiger partial charge in [0.05, 0.1) is 10.2 Å². The molecule has 1 atom stereocenters. The Morgan fingerprint density at radius 2 is 1.31 bits per heavy atom. The number of hydrogen-bond donors (Lipinski definition) is 0. The van der Waals surface area contributed by atoms with Crippen LogP contribution in [0.15, 0.2) is 0 Å². The van der Waals surface area contributed by atoms with Gasteiger partial charge in [-0.25, -0.2) is 0 Å². The molecule has 10 heteroatoms. The van der Waals surface area contributed by atoms with Crippen LogP contribution in [0.4, 0.5) is 26.3 Å². The summed E-state index contributed by atoms with van der Waals surface area (Å²) < 4.78 is 78.5. The molecule has 2 nitrogen and oxygen atoms in total. The first-order valence-electron chi connectivity index (χ1n) is 3.66. The van der Waals surface area contributed by atoms with Gasteiger partial charge in [-0.15, -0.1) is 26.3 Å². The highest BCUT2D eigenvalue weighted by Gasteiger charge is 2.53. The third-order valence-corrected chi connectivity index (χ3v) is 2.85. The SMILES string of the molecule is CC(Br)C(CBr)(OC(F)(F)F)OC(F)(F)F. The van der Waals surface area contributed by atoms with Crippen LogP contribution in [0.3, 0.4) is 0 Å². The molecule has 1 unspecified atom stereocenters. The first kappa shape index (κ1) is 16.5. The highest BCUT2D eigenvalue weighted by atomic mass is 79.9. The van der Waals surface area contributed by atoms with Gasteiger partial charge in [-0.1, -0.05) is 31.9 Å². The van der Waals surface area contributed by atoms with E-state index in [1.165, 1.54) is 0 Å². The van der Waals surface area contributed by atoms with Gasteiger partial charge >= 0.3 is 12.7 Å². The van der Waals surface area contributed by atoms with Crippen LogP contribution in [0.1, 0.15) is 6.92 Å². The van der Waals surface area contributed by atoms with Gasteiger partial charge in [0.15, 0.2) is 0 Å². The molecule has 0 saturated heterocycles. The van der Waals surface area contributed by atoms with Crippen molar-refractivity contribution in [2.75, 3.05) is 5.33 Å². The number of ether oxygens (including phenoxy) is 2. The largest absolute Gasteiger partial charge is 0.525 e. The molecule has 0 saturated carbocycles. The van der Waals surface area contributed by atoms with Crippen molar-refractivity contribution in [1.82, 2.24) is 0 Å². The Labute approximate surface area is 104 Å². The third kappa shape index (κ3) is 5.69. The lowest BCUT2D eigenvalue weighted by molar-refractivity contribution is -0.470. The quantitative estimate of drug-likeness (QED) is 0.416. The lowest BCUT2D eigenvalue weighted by Crippen LogP contribution is -2.51. The summed E-state index contributed by atoms with van der Waals surface area (Å²) in [5.74, 6) is -2.91. The smallest absolute Gasteiger partial charge is 0.257 e. The Morgan fingerprint density at radius 3 is 1.44 bits per heavy atom. The fourth-order valence-corrected chi connectivity index (χ4v) is 2.23. The molecule has 0 N–H and O–H groups in total. The molecule has 0 aromatic rings. The minimum Gasteiger partial charge on any atom is -0.257 e. The molecule has 0 radical (unpaired) electrons. The minimum absolute atomic E-state index is 0.814. The Morgan fingerprint density at radius 1 is 1.00 bits per heavy atom. The van der Waals surface area contributed by atoms with Crippen molar-refractivity contribution in [3.05, 3.63) is 0 Å². The molecule has 0 spiro atoms. The average Bonchev–Trinajstić information content (AvgIpc) is 1.97. The molecule has 0 aliphatic rings. The summed E-state index contributed by atoms with van der Waals surface area (Å²) in [7, 11) is 0. The normalized spacial score (nSPS) is 16.3. The number of hydrogen-bond acceptors (Lipinski definition) is 2. The molecular weight excluding hydrogens is 378 g/mol. The van der Waals surface area contributed by atoms with Gasteiger partial charge in [0, 0.05) is 0 Å². The van der Waals surface area contributed by atoms with Crippen LogP contribution in [-0.2, 0) is 9.47 Å². The van der Waals surface area contributed by atoms with Gasteiger partial charge in [0.25, 0.3) is 0 Å². The van der Waals surface area contributed by atoms with Crippen molar-refractivity contribution in [3.8, 4) is 0 Å². The zero-order chi connectivity index (χ0) is 13.2. The second-order valence-corrected chi connectivity index (χ2v) is 4.59. The summed E-state index contributed by atoms with van der Waals surface area (Å²) in [6.07, 6.45) is -10.5. The number of rotatable bonds is 4. The Kier molecular flexibility index (Phi) is 5.56. The molecule has 0 bridgehead atoms. The van der Waals surface area contributed by atoms with Crippen LogP contribution in [0, 0.1) is 0 Å². The summed E-state index contributed by atoms with van der Waals surface area (Å²) in [6, 6.07) is 0. The van der Waals surface area contributed by atoms with Crippen molar-refractivity contribution in [1.29, 1.82) is 0 Å². The predicted molar refractivity (Wildman–Crippen MR) is 49.2 cm³/mol. The molecule has 0 rings (SSSR count). The molecule has 0 heterocycles. The fourth-order valence-electron chi connectivity index (χ4n) is 0.736. The van der Waals surface area contributed by atoms with E-state index >= 15 is 0 Å². The maximum Gasteiger partial charge on any atom is 0.525 e. The van der Waals surface area contributed by atoms with E-state index in [4.69, 9.17) is 0 Å². The molecule has 0 fully saturated rings. The molecule has 0 aliphatic carbocycles. The lowest BCUT2D eigenvalue weighted by Gasteiger charge is -2.35. The van der Waals surface area contributed by atoms with Crippen molar-refractivity contribution in [2.24, 2.45) is 0 Å². The molecular formula is C6H6Br2F6O2. The second-order valence-electron chi connectivity index (χ2n) is 2.66. The minimum atomic E-state index is -5.25. The number of alkyl halides is 8. The van der Waals surface area contributed by atoms with E-state index in [9.17, 15) is 26.3 Å². The molecule has 0 amide bonds. The topological polar surface area (TPSA) is 18.5 Å². The predicted octanol–water partition coefficient (Wildman–Crippen LogP) is 3.93. The lowest BCUT2D eigenvalue weighted by atomic mass is 10.2. The third-order valence-electron chi connectivity index (χ3n) is 1.37. The van der Waals surface area contributed by atoms with Gasteiger partial charge < -0.3 is 0 Å². The zero-order valence-electron chi connectivity index (χ0n) is 7.62. The monoisotopic (exact) mass is 382 g/mol. The summed E-state index contributed by atoms with van der Waals surface area (Å²) >= 11 is 5.08. The van der Waals surface area contributed by atoms with Gasteiger partial charge in [-0.05, 0) is 6.92 Å². The maximum absolute atomic E-state index is 12.0. The Bertz CT molecular complexity index is 210. The molecule has 0 aromatic heterocycles. The summed E-state index contributed by atoms with van der Waals surface area (Å²) in [5, 5.41) is -0.814. The van der Waals surface area contributed by atoms with Crippen LogP contribution >= 0.6 is 31.9 Å². The Balaban J connectivity index is 5.02. The van der Waals surface area contributed by atoms with Crippen LogP contribution in [-0.4, -0.2) is 28.7 Å². The van der Waals surface area contributed by atoms with Crippen LogP contribution < -0.4 is 0 Å². The van der Waals surface area contributed by atoms with E-state index in [1.54, 1.807) is 0 Å². The van der Waals surface area contributed by atoms with E-state index in [2.05, 4.69) is 41.3 Å². The fraction of sp³-hybridized carbons (Fsp3) is 1.00. The van der Waals surface area contributed by atoms with Gasteiger partial charge in [0.2, 0.25) is 5.79 Å². The van der Waals surface area contributed by atoms with E-state index in [1.807, 2.05) is 0 Å². The van der Waals surface area contributed by atoms with Crippen molar-refractivity contribution in [2.45, 2.75) is 30.3 Å². The molecule has 0 aliphatic heterocycles. The van der Waals surface area contributed by atoms with Crippen molar-refractivity contribution < 1.29 is 35.8 Å². The Hall–Kier alpha value is 0.460.